The second kappa shape index (κ2) is 3.32. The van der Waals surface area contributed by atoms with Gasteiger partial charge in [0, 0.05) is 11.1 Å². The number of aliphatic hydroxyl groups is 1. The van der Waals surface area contributed by atoms with Crippen molar-refractivity contribution in [3.8, 4) is 0 Å². The van der Waals surface area contributed by atoms with Crippen molar-refractivity contribution in [2.24, 2.45) is 5.73 Å². The molecule has 14 heavy (non-hydrogen) atoms. The molecule has 0 aliphatic carbocycles. The zero-order chi connectivity index (χ0) is 10.1. The minimum absolute atomic E-state index is 0.0767. The first-order valence-electron chi connectivity index (χ1n) is 4.46. The fourth-order valence-corrected chi connectivity index (χ4v) is 1.50. The summed E-state index contributed by atoms with van der Waals surface area (Å²) in [6.07, 6.45) is 0. The molecule has 1 aromatic heterocycles. The van der Waals surface area contributed by atoms with Crippen molar-refractivity contribution in [1.29, 1.82) is 0 Å². The van der Waals surface area contributed by atoms with E-state index >= 15 is 0 Å². The number of H-pyrrole nitrogens is 1. The number of aromatic amines is 1. The Morgan fingerprint density at radius 3 is 2.86 bits per heavy atom. The summed E-state index contributed by atoms with van der Waals surface area (Å²) in [4.78, 5) is 3.10. The van der Waals surface area contributed by atoms with E-state index in [9.17, 15) is 0 Å². The van der Waals surface area contributed by atoms with Crippen LogP contribution in [0.3, 0.4) is 0 Å². The lowest BCUT2D eigenvalue weighted by Gasteiger charge is -2.03. The number of hydrogen-bond acceptors (Lipinski definition) is 3. The third kappa shape index (κ3) is 1.34. The highest BCUT2D eigenvalue weighted by atomic mass is 16.3. The van der Waals surface area contributed by atoms with Crippen LogP contribution in [0.2, 0.25) is 0 Å². The number of rotatable bonds is 2. The molecule has 0 aliphatic heterocycles. The Morgan fingerprint density at radius 2 is 2.21 bits per heavy atom. The van der Waals surface area contributed by atoms with Gasteiger partial charge in [-0.3, -0.25) is 0 Å². The van der Waals surface area contributed by atoms with Crippen molar-refractivity contribution in [3.63, 3.8) is 0 Å². The Labute approximate surface area is 81.5 Å². The molecule has 6 N–H and O–H groups in total. The number of nitrogens with one attached hydrogen (secondary N) is 1. The molecule has 0 spiro atoms. The van der Waals surface area contributed by atoms with Gasteiger partial charge in [-0.2, -0.15) is 0 Å². The van der Waals surface area contributed by atoms with Crippen molar-refractivity contribution in [2.75, 3.05) is 12.3 Å². The monoisotopic (exact) mass is 191 g/mol. The van der Waals surface area contributed by atoms with Gasteiger partial charge in [0.1, 0.15) is 0 Å². The Kier molecular flexibility index (Phi) is 2.15. The number of nitrogen functional groups attached to an aromatic ring is 1. The zero-order valence-electron chi connectivity index (χ0n) is 7.70. The number of anilines is 1. The largest absolute Gasteiger partial charge is 0.397 e. The number of aliphatic hydroxyl groups excluding tert-OH is 1. The lowest BCUT2D eigenvalue weighted by Crippen LogP contribution is -2.14. The van der Waals surface area contributed by atoms with E-state index in [2.05, 4.69) is 4.98 Å². The maximum Gasteiger partial charge on any atom is 0.0690 e. The Balaban J connectivity index is 2.56. The van der Waals surface area contributed by atoms with E-state index in [4.69, 9.17) is 16.6 Å². The van der Waals surface area contributed by atoms with Crippen LogP contribution < -0.4 is 11.5 Å². The van der Waals surface area contributed by atoms with Crippen molar-refractivity contribution < 1.29 is 5.11 Å². The van der Waals surface area contributed by atoms with Crippen molar-refractivity contribution in [1.82, 2.24) is 4.98 Å². The minimum atomic E-state index is -0.373. The molecule has 2 aromatic rings. The molecule has 1 aromatic carbocycles. The predicted octanol–water partition coefficient (Wildman–Crippen LogP) is 0.742. The first-order chi connectivity index (χ1) is 6.72. The van der Waals surface area contributed by atoms with E-state index in [1.54, 1.807) is 0 Å². The number of fused-ring (bicyclic) bond motifs is 1. The SMILES string of the molecule is Nc1cccc2cc([C@H](N)CO)[nH]c12. The molecule has 0 bridgehead atoms. The molecule has 4 nitrogen and oxygen atoms in total. The van der Waals surface area contributed by atoms with Gasteiger partial charge in [-0.15, -0.1) is 0 Å². The third-order valence-electron chi connectivity index (χ3n) is 2.31. The number of hydrogen-bond donors (Lipinski definition) is 4. The van der Waals surface area contributed by atoms with Crippen LogP contribution in [-0.2, 0) is 0 Å². The predicted molar refractivity (Wildman–Crippen MR) is 56.7 cm³/mol. The Bertz CT molecular complexity index is 450. The molecule has 0 amide bonds. The van der Waals surface area contributed by atoms with E-state index < -0.39 is 0 Å². The van der Waals surface area contributed by atoms with Crippen LogP contribution in [0, 0.1) is 0 Å². The van der Waals surface area contributed by atoms with Crippen LogP contribution in [0.5, 0.6) is 0 Å². The van der Waals surface area contributed by atoms with E-state index in [1.165, 1.54) is 0 Å². The van der Waals surface area contributed by atoms with Crippen LogP contribution >= 0.6 is 0 Å². The topological polar surface area (TPSA) is 88.1 Å². The van der Waals surface area contributed by atoms with E-state index in [-0.39, 0.29) is 12.6 Å². The number of para-hydroxylation sites is 1. The molecule has 0 saturated carbocycles. The number of aromatic nitrogens is 1. The molecule has 1 atom stereocenters. The van der Waals surface area contributed by atoms with Crippen LogP contribution in [-0.4, -0.2) is 16.7 Å². The molecule has 2 rings (SSSR count). The van der Waals surface area contributed by atoms with E-state index in [0.717, 1.165) is 16.6 Å². The van der Waals surface area contributed by atoms with Gasteiger partial charge < -0.3 is 21.6 Å². The van der Waals surface area contributed by atoms with E-state index in [0.29, 0.717) is 5.69 Å². The maximum atomic E-state index is 8.91. The molecule has 1 heterocycles. The van der Waals surface area contributed by atoms with Crippen molar-refractivity contribution in [3.05, 3.63) is 30.0 Å². The molecule has 0 aliphatic rings. The summed E-state index contributed by atoms with van der Waals surface area (Å²) in [7, 11) is 0. The fourth-order valence-electron chi connectivity index (χ4n) is 1.50. The maximum absolute atomic E-state index is 8.91. The lowest BCUT2D eigenvalue weighted by molar-refractivity contribution is 0.266. The highest BCUT2D eigenvalue weighted by Gasteiger charge is 2.08. The van der Waals surface area contributed by atoms with Gasteiger partial charge in [-0.25, -0.2) is 0 Å². The third-order valence-corrected chi connectivity index (χ3v) is 2.31. The molecule has 0 saturated heterocycles. The summed E-state index contributed by atoms with van der Waals surface area (Å²) >= 11 is 0. The van der Waals surface area contributed by atoms with Gasteiger partial charge >= 0.3 is 0 Å². The second-order valence-corrected chi connectivity index (χ2v) is 3.33. The van der Waals surface area contributed by atoms with Gasteiger partial charge in [0.2, 0.25) is 0 Å². The first kappa shape index (κ1) is 9.05. The Morgan fingerprint density at radius 1 is 1.43 bits per heavy atom. The second-order valence-electron chi connectivity index (χ2n) is 3.33. The minimum Gasteiger partial charge on any atom is -0.397 e. The van der Waals surface area contributed by atoms with Gasteiger partial charge in [0.25, 0.3) is 0 Å². The van der Waals surface area contributed by atoms with Crippen LogP contribution in [0.1, 0.15) is 11.7 Å². The van der Waals surface area contributed by atoms with Gasteiger partial charge in [0.15, 0.2) is 0 Å². The molecule has 4 heteroatoms. The van der Waals surface area contributed by atoms with E-state index in [1.807, 2.05) is 24.3 Å². The van der Waals surface area contributed by atoms with Crippen molar-refractivity contribution >= 4 is 16.6 Å². The molecule has 0 radical (unpaired) electrons. The molecule has 0 fully saturated rings. The normalized spacial score (nSPS) is 13.3. The van der Waals surface area contributed by atoms with Crippen molar-refractivity contribution in [2.45, 2.75) is 6.04 Å². The zero-order valence-corrected chi connectivity index (χ0v) is 7.70. The highest BCUT2D eigenvalue weighted by Crippen LogP contribution is 2.23. The standard InChI is InChI=1S/C10H13N3O/c11-7-3-1-2-6-4-9(8(12)5-14)13-10(6)7/h1-4,8,13-14H,5,11-12H2/t8-/m1/s1. The van der Waals surface area contributed by atoms with Crippen LogP contribution in [0.25, 0.3) is 10.9 Å². The Hall–Kier alpha value is -1.52. The molecule has 74 valence electrons. The summed E-state index contributed by atoms with van der Waals surface area (Å²) < 4.78 is 0. The molecular formula is C10H13N3O. The number of benzene rings is 1. The lowest BCUT2D eigenvalue weighted by atomic mass is 10.2. The van der Waals surface area contributed by atoms with Crippen LogP contribution in [0.4, 0.5) is 5.69 Å². The average molecular weight is 191 g/mol. The quantitative estimate of drug-likeness (QED) is 0.528. The summed E-state index contributed by atoms with van der Waals surface area (Å²) in [5.74, 6) is 0. The summed E-state index contributed by atoms with van der Waals surface area (Å²) in [6, 6.07) is 7.21. The summed E-state index contributed by atoms with van der Waals surface area (Å²) in [5.41, 5.74) is 13.8. The highest BCUT2D eigenvalue weighted by molar-refractivity contribution is 5.90. The van der Waals surface area contributed by atoms with Gasteiger partial charge in [0.05, 0.1) is 23.9 Å². The molecular weight excluding hydrogens is 178 g/mol. The van der Waals surface area contributed by atoms with Crippen LogP contribution in [0.15, 0.2) is 24.3 Å². The molecule has 0 unspecified atom stereocenters. The van der Waals surface area contributed by atoms with Gasteiger partial charge in [-0.1, -0.05) is 12.1 Å². The first-order valence-corrected chi connectivity index (χ1v) is 4.46. The fraction of sp³-hybridized carbons (Fsp3) is 0.200. The summed E-state index contributed by atoms with van der Waals surface area (Å²) in [5, 5.41) is 9.92. The smallest absolute Gasteiger partial charge is 0.0690 e. The number of nitrogens with two attached hydrogens (primary N) is 2. The average Bonchev–Trinajstić information content (AvgIpc) is 2.62. The van der Waals surface area contributed by atoms with Gasteiger partial charge in [-0.05, 0) is 12.1 Å². The summed E-state index contributed by atoms with van der Waals surface area (Å²) in [6.45, 7) is -0.0767.